The average Bonchev–Trinajstić information content (AvgIpc) is 3.09. The van der Waals surface area contributed by atoms with Crippen molar-refractivity contribution >= 4 is 24.3 Å². The zero-order valence-electron chi connectivity index (χ0n) is 13.8. The van der Waals surface area contributed by atoms with Crippen molar-refractivity contribution in [3.8, 4) is 0 Å². The summed E-state index contributed by atoms with van der Waals surface area (Å²) in [5.41, 5.74) is 5.91. The van der Waals surface area contributed by atoms with Gasteiger partial charge in [0, 0.05) is 45.3 Å². The number of urea groups is 1. The van der Waals surface area contributed by atoms with Crippen LogP contribution in [0.25, 0.3) is 0 Å². The van der Waals surface area contributed by atoms with Gasteiger partial charge in [-0.15, -0.1) is 12.4 Å². The molecule has 2 N–H and O–H groups in total. The summed E-state index contributed by atoms with van der Waals surface area (Å²) in [6, 6.07) is 0.374. The molecule has 0 aliphatic carbocycles. The number of hydrogen-bond acceptors (Lipinski definition) is 3. The summed E-state index contributed by atoms with van der Waals surface area (Å²) in [6.07, 6.45) is 5.85. The average molecular weight is 345 g/mol. The Labute approximate surface area is 144 Å². The molecule has 0 saturated carbocycles. The molecular formula is C16H29ClN4O2. The predicted molar refractivity (Wildman–Crippen MR) is 91.5 cm³/mol. The van der Waals surface area contributed by atoms with Crippen molar-refractivity contribution in [2.24, 2.45) is 11.7 Å². The molecule has 0 aromatic rings. The van der Waals surface area contributed by atoms with Gasteiger partial charge >= 0.3 is 6.03 Å². The number of carbonyl (C=O) groups excluding carboxylic acids is 2. The smallest absolute Gasteiger partial charge is 0.320 e. The lowest BCUT2D eigenvalue weighted by Crippen LogP contribution is -2.52. The fraction of sp³-hybridized carbons (Fsp3) is 0.875. The maximum Gasteiger partial charge on any atom is 0.320 e. The molecule has 3 aliphatic rings. The zero-order valence-corrected chi connectivity index (χ0v) is 14.6. The van der Waals surface area contributed by atoms with Crippen LogP contribution in [0.2, 0.25) is 0 Å². The first-order valence-electron chi connectivity index (χ1n) is 8.73. The molecule has 3 saturated heterocycles. The maximum atomic E-state index is 12.7. The summed E-state index contributed by atoms with van der Waals surface area (Å²) < 4.78 is 0. The summed E-state index contributed by atoms with van der Waals surface area (Å²) in [6.45, 7) is 4.68. The van der Waals surface area contributed by atoms with Gasteiger partial charge < -0.3 is 20.4 Å². The van der Waals surface area contributed by atoms with Gasteiger partial charge in [-0.1, -0.05) is 0 Å². The molecule has 0 spiro atoms. The highest BCUT2D eigenvalue weighted by molar-refractivity contribution is 5.85. The standard InChI is InChI=1S/C16H28N4O2.ClH/c17-14-5-10-18(11-6-14)15(21)13-4-3-9-20(12-13)16(22)19-7-1-2-8-19;/h13-14H,1-12,17H2;1H. The first kappa shape index (κ1) is 18.3. The fourth-order valence-corrected chi connectivity index (χ4v) is 3.84. The summed E-state index contributed by atoms with van der Waals surface area (Å²) in [7, 11) is 0. The van der Waals surface area contributed by atoms with Gasteiger partial charge in [-0.25, -0.2) is 4.79 Å². The lowest BCUT2D eigenvalue weighted by molar-refractivity contribution is -0.138. The molecule has 0 aromatic heterocycles. The molecule has 3 heterocycles. The van der Waals surface area contributed by atoms with Gasteiger partial charge in [-0.3, -0.25) is 4.79 Å². The minimum Gasteiger partial charge on any atom is -0.342 e. The van der Waals surface area contributed by atoms with Crippen LogP contribution in [-0.2, 0) is 4.79 Å². The Hall–Kier alpha value is -1.01. The molecule has 3 aliphatic heterocycles. The van der Waals surface area contributed by atoms with Gasteiger partial charge in [0.05, 0.1) is 5.92 Å². The van der Waals surface area contributed by atoms with E-state index in [1.165, 1.54) is 0 Å². The van der Waals surface area contributed by atoms with Gasteiger partial charge in [-0.2, -0.15) is 0 Å². The lowest BCUT2D eigenvalue weighted by atomic mass is 9.95. The van der Waals surface area contributed by atoms with E-state index >= 15 is 0 Å². The molecule has 0 radical (unpaired) electrons. The van der Waals surface area contributed by atoms with E-state index in [0.717, 1.165) is 71.2 Å². The molecule has 1 atom stereocenters. The van der Waals surface area contributed by atoms with Gasteiger partial charge in [0.1, 0.15) is 0 Å². The second-order valence-corrected chi connectivity index (χ2v) is 6.92. The van der Waals surface area contributed by atoms with Crippen molar-refractivity contribution in [2.75, 3.05) is 39.3 Å². The van der Waals surface area contributed by atoms with E-state index in [1.807, 2.05) is 14.7 Å². The molecule has 3 amide bonds. The normalized spacial score (nSPS) is 26.1. The number of carbonyl (C=O) groups is 2. The topological polar surface area (TPSA) is 69.9 Å². The van der Waals surface area contributed by atoms with Crippen LogP contribution in [-0.4, -0.2) is 71.9 Å². The van der Waals surface area contributed by atoms with Crippen molar-refractivity contribution < 1.29 is 9.59 Å². The number of halogens is 1. The van der Waals surface area contributed by atoms with Gasteiger partial charge in [0.2, 0.25) is 5.91 Å². The van der Waals surface area contributed by atoms with Crippen molar-refractivity contribution in [1.82, 2.24) is 14.7 Å². The van der Waals surface area contributed by atoms with Gasteiger partial charge in [0.25, 0.3) is 0 Å². The van der Waals surface area contributed by atoms with Crippen molar-refractivity contribution in [2.45, 2.75) is 44.6 Å². The van der Waals surface area contributed by atoms with Crippen LogP contribution in [0.15, 0.2) is 0 Å². The number of hydrogen-bond donors (Lipinski definition) is 1. The largest absolute Gasteiger partial charge is 0.342 e. The van der Waals surface area contributed by atoms with Crippen LogP contribution in [0.3, 0.4) is 0 Å². The zero-order chi connectivity index (χ0) is 15.5. The van der Waals surface area contributed by atoms with Crippen LogP contribution in [0.5, 0.6) is 0 Å². The summed E-state index contributed by atoms with van der Waals surface area (Å²) >= 11 is 0. The monoisotopic (exact) mass is 344 g/mol. The van der Waals surface area contributed by atoms with Crippen LogP contribution in [0.1, 0.15) is 38.5 Å². The molecule has 3 rings (SSSR count). The lowest BCUT2D eigenvalue weighted by Gasteiger charge is -2.38. The first-order chi connectivity index (χ1) is 10.6. The van der Waals surface area contributed by atoms with Crippen LogP contribution < -0.4 is 5.73 Å². The number of likely N-dealkylation sites (tertiary alicyclic amines) is 3. The van der Waals surface area contributed by atoms with Crippen molar-refractivity contribution in [3.05, 3.63) is 0 Å². The highest BCUT2D eigenvalue weighted by Gasteiger charge is 2.34. The van der Waals surface area contributed by atoms with Crippen molar-refractivity contribution in [1.29, 1.82) is 0 Å². The maximum absolute atomic E-state index is 12.7. The van der Waals surface area contributed by atoms with Gasteiger partial charge in [-0.05, 0) is 38.5 Å². The number of piperidine rings is 2. The molecule has 6 nitrogen and oxygen atoms in total. The van der Waals surface area contributed by atoms with E-state index in [0.29, 0.717) is 6.54 Å². The Kier molecular flexibility index (Phi) is 6.53. The van der Waals surface area contributed by atoms with Crippen LogP contribution >= 0.6 is 12.4 Å². The van der Waals surface area contributed by atoms with Crippen LogP contribution in [0.4, 0.5) is 4.79 Å². The highest BCUT2D eigenvalue weighted by Crippen LogP contribution is 2.23. The van der Waals surface area contributed by atoms with Crippen molar-refractivity contribution in [3.63, 3.8) is 0 Å². The first-order valence-corrected chi connectivity index (χ1v) is 8.73. The highest BCUT2D eigenvalue weighted by atomic mass is 35.5. The predicted octanol–water partition coefficient (Wildman–Crippen LogP) is 1.29. The minimum absolute atomic E-state index is 0. The summed E-state index contributed by atoms with van der Waals surface area (Å²) in [5, 5.41) is 0. The van der Waals surface area contributed by atoms with E-state index in [1.54, 1.807) is 0 Å². The Morgan fingerprint density at radius 3 is 2.04 bits per heavy atom. The Bertz CT molecular complexity index is 420. The molecule has 0 bridgehead atoms. The van der Waals surface area contributed by atoms with E-state index in [2.05, 4.69) is 0 Å². The molecule has 132 valence electrons. The Balaban J connectivity index is 0.00000192. The minimum atomic E-state index is -0.0189. The SMILES string of the molecule is Cl.NC1CCN(C(=O)C2CCCN(C(=O)N3CCCC3)C2)CC1. The van der Waals surface area contributed by atoms with E-state index in [4.69, 9.17) is 5.73 Å². The Morgan fingerprint density at radius 2 is 1.39 bits per heavy atom. The fourth-order valence-electron chi connectivity index (χ4n) is 3.84. The van der Waals surface area contributed by atoms with E-state index in [9.17, 15) is 9.59 Å². The Morgan fingerprint density at radius 1 is 0.783 bits per heavy atom. The van der Waals surface area contributed by atoms with Crippen LogP contribution in [0, 0.1) is 5.92 Å². The van der Waals surface area contributed by atoms with E-state index < -0.39 is 0 Å². The van der Waals surface area contributed by atoms with Gasteiger partial charge in [0.15, 0.2) is 0 Å². The molecule has 3 fully saturated rings. The third kappa shape index (κ3) is 4.29. The molecule has 23 heavy (non-hydrogen) atoms. The second kappa shape index (κ2) is 8.20. The summed E-state index contributed by atoms with van der Waals surface area (Å²) in [4.78, 5) is 31.0. The molecule has 1 unspecified atom stereocenters. The molecule has 7 heteroatoms. The second-order valence-electron chi connectivity index (χ2n) is 6.92. The summed E-state index contributed by atoms with van der Waals surface area (Å²) in [5.74, 6) is 0.209. The third-order valence-corrected chi connectivity index (χ3v) is 5.27. The number of nitrogens with zero attached hydrogens (tertiary/aromatic N) is 3. The number of amides is 3. The molecular weight excluding hydrogens is 316 g/mol. The molecule has 0 aromatic carbocycles. The number of nitrogens with two attached hydrogens (primary N) is 1. The third-order valence-electron chi connectivity index (χ3n) is 5.27. The van der Waals surface area contributed by atoms with E-state index in [-0.39, 0.29) is 36.3 Å². The quantitative estimate of drug-likeness (QED) is 0.779. The number of rotatable bonds is 1.